The molecule has 0 saturated heterocycles. The number of hydrogen-bond donors (Lipinski definition) is 3. The number of ether oxygens (including phenoxy) is 1. The van der Waals surface area contributed by atoms with Crippen LogP contribution in [0.25, 0.3) is 11.1 Å². The molecule has 0 unspecified atom stereocenters. The molecule has 0 saturated carbocycles. The molecule has 1 atom stereocenters. The van der Waals surface area contributed by atoms with Crippen LogP contribution in [0.2, 0.25) is 0 Å². The predicted octanol–water partition coefficient (Wildman–Crippen LogP) is 3.76. The van der Waals surface area contributed by atoms with Crippen molar-refractivity contribution < 1.29 is 24.2 Å². The number of nitrogens with one attached hydrogen (secondary N) is 2. The van der Waals surface area contributed by atoms with Crippen molar-refractivity contribution >= 4 is 23.7 Å². The topological polar surface area (TPSA) is 123 Å². The molecule has 9 nitrogen and oxygen atoms in total. The maximum absolute atomic E-state index is 12.5. The van der Waals surface area contributed by atoms with E-state index in [4.69, 9.17) is 4.74 Å². The van der Waals surface area contributed by atoms with Crippen LogP contribution in [0.3, 0.4) is 0 Å². The number of carboxylic acid groups (broad SMARTS) is 1. The van der Waals surface area contributed by atoms with E-state index < -0.39 is 24.0 Å². The number of nitrogens with zero attached hydrogens (tertiary/aromatic N) is 2. The molecule has 2 aromatic carbocycles. The molecule has 4 rings (SSSR count). The zero-order chi connectivity index (χ0) is 24.2. The first kappa shape index (κ1) is 23.0. The number of aryl methyl sites for hydroxylation is 1. The van der Waals surface area contributed by atoms with Gasteiger partial charge in [0, 0.05) is 31.6 Å². The molecule has 3 aromatic rings. The molecule has 3 N–H and O–H groups in total. The van der Waals surface area contributed by atoms with E-state index in [1.807, 2.05) is 43.3 Å². The molecule has 1 aliphatic carbocycles. The van der Waals surface area contributed by atoms with Gasteiger partial charge < -0.3 is 20.5 Å². The highest BCUT2D eigenvalue weighted by Gasteiger charge is 2.29. The van der Waals surface area contributed by atoms with E-state index in [2.05, 4.69) is 27.9 Å². The Hall–Kier alpha value is -4.14. The van der Waals surface area contributed by atoms with E-state index in [-0.39, 0.29) is 30.3 Å². The van der Waals surface area contributed by atoms with Gasteiger partial charge in [0.15, 0.2) is 5.69 Å². The Bertz CT molecular complexity index is 1190. The largest absolute Gasteiger partial charge is 0.476 e. The first-order valence-electron chi connectivity index (χ1n) is 11.1. The SMILES string of the molecule is CC[C@@H](CC(=O)Nc1cn(C)nc1C(=O)O)NC(=O)OCC1c2ccccc2-c2ccccc21. The standard InChI is InChI=1S/C25H26N4O5/c1-3-15(12-22(30)27-21-13-29(2)28-23(21)24(31)32)26-25(33)34-14-20-18-10-6-4-8-16(18)17-9-5-7-11-19(17)20/h4-11,13,15,20H,3,12,14H2,1-2H3,(H,26,33)(H,27,30)(H,31,32)/t15-/m0/s1. The molecule has 0 fully saturated rings. The van der Waals surface area contributed by atoms with Crippen LogP contribution < -0.4 is 10.6 Å². The van der Waals surface area contributed by atoms with E-state index in [0.717, 1.165) is 22.3 Å². The van der Waals surface area contributed by atoms with Crippen molar-refractivity contribution in [1.29, 1.82) is 0 Å². The van der Waals surface area contributed by atoms with E-state index in [0.29, 0.717) is 6.42 Å². The van der Waals surface area contributed by atoms with Crippen LogP contribution in [0.4, 0.5) is 10.5 Å². The average Bonchev–Trinajstić information content (AvgIpc) is 3.34. The van der Waals surface area contributed by atoms with Crippen molar-refractivity contribution in [3.63, 3.8) is 0 Å². The lowest BCUT2D eigenvalue weighted by Gasteiger charge is -2.18. The van der Waals surface area contributed by atoms with Gasteiger partial charge in [-0.05, 0) is 28.7 Å². The first-order chi connectivity index (χ1) is 16.4. The molecule has 0 radical (unpaired) electrons. The number of amides is 2. The Kier molecular flexibility index (Phi) is 6.62. The van der Waals surface area contributed by atoms with Gasteiger partial charge in [-0.25, -0.2) is 9.59 Å². The summed E-state index contributed by atoms with van der Waals surface area (Å²) in [7, 11) is 1.57. The maximum atomic E-state index is 12.5. The smallest absolute Gasteiger partial charge is 0.407 e. The lowest BCUT2D eigenvalue weighted by atomic mass is 9.98. The van der Waals surface area contributed by atoms with Gasteiger partial charge in [-0.15, -0.1) is 0 Å². The number of aromatic carboxylic acids is 1. The highest BCUT2D eigenvalue weighted by Crippen LogP contribution is 2.44. The number of alkyl carbamates (subject to hydrolysis) is 1. The second-order valence-corrected chi connectivity index (χ2v) is 8.20. The molecular weight excluding hydrogens is 436 g/mol. The zero-order valence-electron chi connectivity index (χ0n) is 18.9. The normalized spacial score (nSPS) is 13.0. The number of aromatic nitrogens is 2. The molecule has 0 bridgehead atoms. The Morgan fingerprint density at radius 3 is 2.29 bits per heavy atom. The maximum Gasteiger partial charge on any atom is 0.407 e. The number of carboxylic acids is 1. The number of anilines is 1. The fraction of sp³-hybridized carbons (Fsp3) is 0.280. The van der Waals surface area contributed by atoms with Gasteiger partial charge in [-0.2, -0.15) is 5.10 Å². The van der Waals surface area contributed by atoms with Crippen LogP contribution in [0.1, 0.15) is 47.3 Å². The summed E-state index contributed by atoms with van der Waals surface area (Å²) in [5.74, 6) is -1.72. The lowest BCUT2D eigenvalue weighted by Crippen LogP contribution is -2.38. The van der Waals surface area contributed by atoms with Crippen molar-refractivity contribution in [3.05, 3.63) is 71.5 Å². The predicted molar refractivity (Wildman–Crippen MR) is 126 cm³/mol. The summed E-state index contributed by atoms with van der Waals surface area (Å²) in [4.78, 5) is 36.3. The minimum atomic E-state index is -1.24. The summed E-state index contributed by atoms with van der Waals surface area (Å²) in [5.41, 5.74) is 4.39. The molecule has 0 aliphatic heterocycles. The molecule has 0 spiro atoms. The highest BCUT2D eigenvalue weighted by molar-refractivity contribution is 5.99. The summed E-state index contributed by atoms with van der Waals surface area (Å²) in [5, 5.41) is 18.3. The Morgan fingerprint density at radius 1 is 1.09 bits per heavy atom. The molecular formula is C25H26N4O5. The van der Waals surface area contributed by atoms with Crippen LogP contribution in [-0.2, 0) is 16.6 Å². The Balaban J connectivity index is 1.34. The average molecular weight is 463 g/mol. The van der Waals surface area contributed by atoms with Crippen LogP contribution in [0.5, 0.6) is 0 Å². The fourth-order valence-electron chi connectivity index (χ4n) is 4.27. The highest BCUT2D eigenvalue weighted by atomic mass is 16.5. The van der Waals surface area contributed by atoms with E-state index in [1.54, 1.807) is 7.05 Å². The zero-order valence-corrected chi connectivity index (χ0v) is 18.9. The van der Waals surface area contributed by atoms with Crippen molar-refractivity contribution in [2.75, 3.05) is 11.9 Å². The third-order valence-electron chi connectivity index (χ3n) is 5.90. The first-order valence-corrected chi connectivity index (χ1v) is 11.1. The van der Waals surface area contributed by atoms with E-state index >= 15 is 0 Å². The van der Waals surface area contributed by atoms with Crippen LogP contribution in [0, 0.1) is 0 Å². The van der Waals surface area contributed by atoms with Crippen molar-refractivity contribution in [3.8, 4) is 11.1 Å². The third-order valence-corrected chi connectivity index (χ3v) is 5.90. The second-order valence-electron chi connectivity index (χ2n) is 8.20. The van der Waals surface area contributed by atoms with Crippen molar-refractivity contribution in [2.45, 2.75) is 31.7 Å². The van der Waals surface area contributed by atoms with Gasteiger partial charge >= 0.3 is 12.1 Å². The fourth-order valence-corrected chi connectivity index (χ4v) is 4.27. The van der Waals surface area contributed by atoms with Crippen molar-refractivity contribution in [1.82, 2.24) is 15.1 Å². The Labute approximate surface area is 196 Å². The van der Waals surface area contributed by atoms with Gasteiger partial charge in [-0.3, -0.25) is 9.48 Å². The summed E-state index contributed by atoms with van der Waals surface area (Å²) in [6.07, 6.45) is 1.28. The molecule has 1 aliphatic rings. The van der Waals surface area contributed by atoms with E-state index in [9.17, 15) is 19.5 Å². The minimum absolute atomic E-state index is 0.0331. The summed E-state index contributed by atoms with van der Waals surface area (Å²) >= 11 is 0. The van der Waals surface area contributed by atoms with Crippen LogP contribution in [0.15, 0.2) is 54.7 Å². The number of benzene rings is 2. The molecule has 1 heterocycles. The van der Waals surface area contributed by atoms with Crippen molar-refractivity contribution in [2.24, 2.45) is 7.05 Å². The second kappa shape index (κ2) is 9.78. The quantitative estimate of drug-likeness (QED) is 0.468. The van der Waals surface area contributed by atoms with Gasteiger partial charge in [0.25, 0.3) is 0 Å². The summed E-state index contributed by atoms with van der Waals surface area (Å²) < 4.78 is 6.86. The third kappa shape index (κ3) is 4.78. The molecule has 9 heteroatoms. The molecule has 1 aromatic heterocycles. The Morgan fingerprint density at radius 2 is 1.71 bits per heavy atom. The minimum Gasteiger partial charge on any atom is -0.476 e. The van der Waals surface area contributed by atoms with Gasteiger partial charge in [-0.1, -0.05) is 55.5 Å². The van der Waals surface area contributed by atoms with E-state index in [1.165, 1.54) is 10.9 Å². The summed E-state index contributed by atoms with van der Waals surface area (Å²) in [6.45, 7) is 2.02. The number of carbonyl (C=O) groups excluding carboxylic acids is 2. The molecule has 34 heavy (non-hydrogen) atoms. The molecule has 176 valence electrons. The van der Waals surface area contributed by atoms with Gasteiger partial charge in [0.2, 0.25) is 5.91 Å². The number of hydrogen-bond acceptors (Lipinski definition) is 5. The summed E-state index contributed by atoms with van der Waals surface area (Å²) in [6, 6.07) is 15.7. The lowest BCUT2D eigenvalue weighted by molar-refractivity contribution is -0.116. The number of fused-ring (bicyclic) bond motifs is 3. The molecule has 2 amide bonds. The number of rotatable bonds is 8. The number of carbonyl (C=O) groups is 3. The van der Waals surface area contributed by atoms with Gasteiger partial charge in [0.1, 0.15) is 6.61 Å². The van der Waals surface area contributed by atoms with Crippen LogP contribution in [-0.4, -0.2) is 45.5 Å². The van der Waals surface area contributed by atoms with Gasteiger partial charge in [0.05, 0.1) is 5.69 Å². The van der Waals surface area contributed by atoms with Crippen LogP contribution >= 0.6 is 0 Å². The monoisotopic (exact) mass is 462 g/mol.